The lowest BCUT2D eigenvalue weighted by Gasteiger charge is -2.59. The van der Waals surface area contributed by atoms with E-state index in [-0.39, 0.29) is 0 Å². The molecule has 1 aromatic heterocycles. The smallest absolute Gasteiger partial charge is 0.146 e. The van der Waals surface area contributed by atoms with E-state index in [0.29, 0.717) is 18.0 Å². The Morgan fingerprint density at radius 2 is 1.84 bits per heavy atom. The molecule has 1 atom stereocenters. The van der Waals surface area contributed by atoms with Crippen LogP contribution in [0.1, 0.15) is 57.3 Å². The van der Waals surface area contributed by atoms with E-state index in [1.165, 1.54) is 38.5 Å². The van der Waals surface area contributed by atoms with Crippen LogP contribution in [0.25, 0.3) is 0 Å². The predicted molar refractivity (Wildman–Crippen MR) is 73.2 cm³/mol. The van der Waals surface area contributed by atoms with Gasteiger partial charge in [-0.25, -0.2) is 0 Å². The molecule has 1 aromatic rings. The third-order valence-electron chi connectivity index (χ3n) is 6.22. The first-order valence-electron chi connectivity index (χ1n) is 7.78. The molecule has 0 saturated heterocycles. The van der Waals surface area contributed by atoms with Crippen molar-refractivity contribution < 1.29 is 0 Å². The molecule has 0 aliphatic heterocycles. The molecule has 4 fully saturated rings. The van der Waals surface area contributed by atoms with E-state index in [1.807, 2.05) is 6.33 Å². The molecule has 4 nitrogen and oxygen atoms in total. The number of hydrogen-bond donors (Lipinski definition) is 1. The van der Waals surface area contributed by atoms with E-state index in [1.54, 1.807) is 0 Å². The first kappa shape index (κ1) is 11.9. The maximum absolute atomic E-state index is 5.80. The lowest BCUT2D eigenvalue weighted by molar-refractivity contribution is -0.0793. The van der Waals surface area contributed by atoms with Crippen molar-refractivity contribution in [3.05, 3.63) is 12.2 Å². The summed E-state index contributed by atoms with van der Waals surface area (Å²) < 4.78 is 2.26. The van der Waals surface area contributed by atoms with E-state index in [2.05, 4.69) is 21.7 Å². The second-order valence-electron chi connectivity index (χ2n) is 7.31. The lowest BCUT2D eigenvalue weighted by atomic mass is 9.48. The summed E-state index contributed by atoms with van der Waals surface area (Å²) >= 11 is 0. The Kier molecular flexibility index (Phi) is 2.53. The molecule has 104 valence electrons. The zero-order valence-corrected chi connectivity index (χ0v) is 11.8. The number of aromatic nitrogens is 3. The molecule has 0 amide bonds. The summed E-state index contributed by atoms with van der Waals surface area (Å²) in [6.07, 6.45) is 10.6. The van der Waals surface area contributed by atoms with Crippen LogP contribution in [0.15, 0.2) is 6.33 Å². The first-order chi connectivity index (χ1) is 9.20. The van der Waals surface area contributed by atoms with Gasteiger partial charge >= 0.3 is 0 Å². The SMILES string of the molecule is CC(n1cnnc1CN)C12CC3CC(CC(C3)C1)C2. The van der Waals surface area contributed by atoms with Crippen molar-refractivity contribution in [3.63, 3.8) is 0 Å². The molecule has 0 spiro atoms. The largest absolute Gasteiger partial charge is 0.324 e. The molecule has 19 heavy (non-hydrogen) atoms. The van der Waals surface area contributed by atoms with Crippen LogP contribution in [0.3, 0.4) is 0 Å². The van der Waals surface area contributed by atoms with Gasteiger partial charge in [-0.15, -0.1) is 10.2 Å². The zero-order chi connectivity index (χ0) is 13.0. The summed E-state index contributed by atoms with van der Waals surface area (Å²) in [5.41, 5.74) is 6.30. The minimum absolute atomic E-state index is 0.497. The Morgan fingerprint density at radius 3 is 2.37 bits per heavy atom. The minimum atomic E-state index is 0.497. The first-order valence-corrected chi connectivity index (χ1v) is 7.78. The van der Waals surface area contributed by atoms with Gasteiger partial charge in [-0.1, -0.05) is 0 Å². The molecular formula is C15H24N4. The molecular weight excluding hydrogens is 236 g/mol. The third kappa shape index (κ3) is 1.69. The summed E-state index contributed by atoms with van der Waals surface area (Å²) in [6, 6.07) is 0.509. The summed E-state index contributed by atoms with van der Waals surface area (Å²) in [5.74, 6) is 3.92. The average Bonchev–Trinajstić information content (AvgIpc) is 2.84. The highest BCUT2D eigenvalue weighted by molar-refractivity contribution is 5.06. The summed E-state index contributed by atoms with van der Waals surface area (Å²) in [6.45, 7) is 2.87. The number of rotatable bonds is 3. The molecule has 5 rings (SSSR count). The summed E-state index contributed by atoms with van der Waals surface area (Å²) in [5, 5.41) is 8.25. The minimum Gasteiger partial charge on any atom is -0.324 e. The standard InChI is InChI=1S/C15H24N4/c1-10(19-9-17-18-14(19)8-16)15-5-11-2-12(6-15)4-13(3-11)7-15/h9-13H,2-8,16H2,1H3. The van der Waals surface area contributed by atoms with Crippen molar-refractivity contribution in [2.24, 2.45) is 28.9 Å². The number of nitrogens with two attached hydrogens (primary N) is 1. The molecule has 1 unspecified atom stereocenters. The summed E-state index contributed by atoms with van der Waals surface area (Å²) in [4.78, 5) is 0. The predicted octanol–water partition coefficient (Wildman–Crippen LogP) is 2.51. The highest BCUT2D eigenvalue weighted by Crippen LogP contribution is 2.63. The van der Waals surface area contributed by atoms with Crippen molar-refractivity contribution in [1.29, 1.82) is 0 Å². The van der Waals surface area contributed by atoms with E-state index >= 15 is 0 Å². The highest BCUT2D eigenvalue weighted by atomic mass is 15.3. The fraction of sp³-hybridized carbons (Fsp3) is 0.867. The van der Waals surface area contributed by atoms with Gasteiger partial charge in [0, 0.05) is 6.04 Å². The lowest BCUT2D eigenvalue weighted by Crippen LogP contribution is -2.49. The second-order valence-corrected chi connectivity index (χ2v) is 7.31. The van der Waals surface area contributed by atoms with Crippen LogP contribution in [0.5, 0.6) is 0 Å². The maximum Gasteiger partial charge on any atom is 0.146 e. The van der Waals surface area contributed by atoms with Crippen LogP contribution in [0.2, 0.25) is 0 Å². The monoisotopic (exact) mass is 260 g/mol. The van der Waals surface area contributed by atoms with Gasteiger partial charge in [-0.2, -0.15) is 0 Å². The van der Waals surface area contributed by atoms with Crippen molar-refractivity contribution >= 4 is 0 Å². The van der Waals surface area contributed by atoms with E-state index < -0.39 is 0 Å². The molecule has 4 aliphatic carbocycles. The molecule has 4 bridgehead atoms. The van der Waals surface area contributed by atoms with Gasteiger partial charge in [0.15, 0.2) is 0 Å². The van der Waals surface area contributed by atoms with Crippen LogP contribution in [0.4, 0.5) is 0 Å². The van der Waals surface area contributed by atoms with Gasteiger partial charge in [0.05, 0.1) is 6.54 Å². The van der Waals surface area contributed by atoms with E-state index in [9.17, 15) is 0 Å². The van der Waals surface area contributed by atoms with Gasteiger partial charge in [0.1, 0.15) is 12.2 Å². The molecule has 0 aromatic carbocycles. The number of hydrogen-bond acceptors (Lipinski definition) is 3. The van der Waals surface area contributed by atoms with Gasteiger partial charge in [-0.05, 0) is 68.6 Å². The van der Waals surface area contributed by atoms with Crippen molar-refractivity contribution in [1.82, 2.24) is 14.8 Å². The average molecular weight is 260 g/mol. The summed E-state index contributed by atoms with van der Waals surface area (Å²) in [7, 11) is 0. The molecule has 0 radical (unpaired) electrons. The van der Waals surface area contributed by atoms with Gasteiger partial charge in [0.25, 0.3) is 0 Å². The Bertz CT molecular complexity index is 443. The van der Waals surface area contributed by atoms with Crippen molar-refractivity contribution in [2.45, 2.75) is 58.0 Å². The molecule has 2 N–H and O–H groups in total. The Morgan fingerprint density at radius 1 is 1.26 bits per heavy atom. The van der Waals surface area contributed by atoms with E-state index in [0.717, 1.165) is 23.6 Å². The molecule has 4 saturated carbocycles. The van der Waals surface area contributed by atoms with Crippen LogP contribution in [0, 0.1) is 23.2 Å². The fourth-order valence-electron chi connectivity index (χ4n) is 5.72. The van der Waals surface area contributed by atoms with Gasteiger partial charge in [0.2, 0.25) is 0 Å². The fourth-order valence-corrected chi connectivity index (χ4v) is 5.72. The van der Waals surface area contributed by atoms with Crippen LogP contribution in [-0.2, 0) is 6.54 Å². The molecule has 1 heterocycles. The topological polar surface area (TPSA) is 56.7 Å². The van der Waals surface area contributed by atoms with Gasteiger partial charge < -0.3 is 10.3 Å². The van der Waals surface area contributed by atoms with Gasteiger partial charge in [-0.3, -0.25) is 0 Å². The van der Waals surface area contributed by atoms with Crippen LogP contribution >= 0.6 is 0 Å². The maximum atomic E-state index is 5.80. The van der Waals surface area contributed by atoms with Crippen LogP contribution < -0.4 is 5.73 Å². The normalized spacial score (nSPS) is 41.7. The number of nitrogens with zero attached hydrogens (tertiary/aromatic N) is 3. The Labute approximate surface area is 114 Å². The third-order valence-corrected chi connectivity index (χ3v) is 6.22. The Balaban J connectivity index is 1.68. The Hall–Kier alpha value is -0.900. The highest BCUT2D eigenvalue weighted by Gasteiger charge is 2.53. The molecule has 4 heteroatoms. The zero-order valence-electron chi connectivity index (χ0n) is 11.8. The molecule has 4 aliphatic rings. The van der Waals surface area contributed by atoms with E-state index in [4.69, 9.17) is 5.73 Å². The van der Waals surface area contributed by atoms with Crippen molar-refractivity contribution in [2.75, 3.05) is 0 Å². The quantitative estimate of drug-likeness (QED) is 0.908. The van der Waals surface area contributed by atoms with Crippen molar-refractivity contribution in [3.8, 4) is 0 Å². The van der Waals surface area contributed by atoms with Crippen LogP contribution in [-0.4, -0.2) is 14.8 Å². The second kappa shape index (κ2) is 4.05.